The molecule has 0 atom stereocenters. The predicted molar refractivity (Wildman–Crippen MR) is 60.3 cm³/mol. The van der Waals surface area contributed by atoms with Crippen LogP contribution in [0.25, 0.3) is 0 Å². The number of carbonyl (C=O) groups is 1. The number of Topliss-reactive ketones (excluding diaryl/α,β-unsaturated/α-hetero) is 1. The van der Waals surface area contributed by atoms with Crippen molar-refractivity contribution in [2.45, 2.75) is 46.5 Å². The topological polar surface area (TPSA) is 61.1 Å². The molecule has 0 aromatic carbocycles. The summed E-state index contributed by atoms with van der Waals surface area (Å²) >= 11 is 0. The highest BCUT2D eigenvalue weighted by molar-refractivity contribution is 6.22. The van der Waals surface area contributed by atoms with Gasteiger partial charge >= 0.3 is 0 Å². The molecule has 0 saturated heterocycles. The van der Waals surface area contributed by atoms with Gasteiger partial charge in [0, 0.05) is 18.6 Å². The minimum atomic E-state index is -0.169. The molecule has 1 aliphatic rings. The van der Waals surface area contributed by atoms with E-state index in [1.807, 2.05) is 20.8 Å². The Hall–Kier alpha value is -1.12. The standard InChI is InChI=1S/C12H19NO2/c1-4-5-8(13)11-9(14)6-12(2,3)7-10(11)15/h13-14H,4-7H2,1-3H3. The van der Waals surface area contributed by atoms with Crippen molar-refractivity contribution < 1.29 is 9.90 Å². The fourth-order valence-electron chi connectivity index (χ4n) is 2.01. The Morgan fingerprint density at radius 2 is 2.07 bits per heavy atom. The molecule has 0 amide bonds. The highest BCUT2D eigenvalue weighted by Gasteiger charge is 2.34. The van der Waals surface area contributed by atoms with Crippen LogP contribution in [-0.2, 0) is 4.79 Å². The highest BCUT2D eigenvalue weighted by atomic mass is 16.3. The Bertz CT molecular complexity index is 327. The Balaban J connectivity index is 2.97. The predicted octanol–water partition coefficient (Wildman–Crippen LogP) is 3.01. The minimum absolute atomic E-state index is 0.0813. The lowest BCUT2D eigenvalue weighted by Crippen LogP contribution is -2.28. The van der Waals surface area contributed by atoms with Crippen LogP contribution in [0.5, 0.6) is 0 Å². The third-order valence-electron chi connectivity index (χ3n) is 2.65. The minimum Gasteiger partial charge on any atom is -0.511 e. The summed E-state index contributed by atoms with van der Waals surface area (Å²) in [4.78, 5) is 11.8. The first-order valence-electron chi connectivity index (χ1n) is 5.40. The van der Waals surface area contributed by atoms with Crippen LogP contribution in [0, 0.1) is 10.8 Å². The smallest absolute Gasteiger partial charge is 0.168 e. The monoisotopic (exact) mass is 209 g/mol. The van der Waals surface area contributed by atoms with Crippen molar-refractivity contribution in [3.8, 4) is 0 Å². The number of aliphatic hydroxyl groups excluding tert-OH is 1. The van der Waals surface area contributed by atoms with Crippen molar-refractivity contribution in [2.24, 2.45) is 5.41 Å². The van der Waals surface area contributed by atoms with Gasteiger partial charge in [-0.15, -0.1) is 0 Å². The fraction of sp³-hybridized carbons (Fsp3) is 0.667. The van der Waals surface area contributed by atoms with Crippen molar-refractivity contribution in [3.63, 3.8) is 0 Å². The van der Waals surface area contributed by atoms with Gasteiger partial charge in [0.25, 0.3) is 0 Å². The largest absolute Gasteiger partial charge is 0.511 e. The van der Waals surface area contributed by atoms with Crippen LogP contribution in [0.1, 0.15) is 46.5 Å². The van der Waals surface area contributed by atoms with E-state index in [1.165, 1.54) is 0 Å². The van der Waals surface area contributed by atoms with E-state index in [4.69, 9.17) is 5.41 Å². The van der Waals surface area contributed by atoms with Crippen LogP contribution < -0.4 is 0 Å². The van der Waals surface area contributed by atoms with E-state index in [9.17, 15) is 9.90 Å². The summed E-state index contributed by atoms with van der Waals surface area (Å²) in [5.74, 6) is 0.0249. The number of ketones is 1. The summed E-state index contributed by atoms with van der Waals surface area (Å²) in [6.07, 6.45) is 2.32. The third-order valence-corrected chi connectivity index (χ3v) is 2.65. The first-order valence-corrected chi connectivity index (χ1v) is 5.40. The fourth-order valence-corrected chi connectivity index (χ4v) is 2.01. The molecule has 15 heavy (non-hydrogen) atoms. The van der Waals surface area contributed by atoms with Gasteiger partial charge in [0.2, 0.25) is 0 Å². The zero-order valence-corrected chi connectivity index (χ0v) is 9.68. The lowest BCUT2D eigenvalue weighted by atomic mass is 9.75. The molecule has 0 saturated carbocycles. The number of nitrogens with one attached hydrogen (secondary N) is 1. The van der Waals surface area contributed by atoms with Crippen molar-refractivity contribution in [1.82, 2.24) is 0 Å². The van der Waals surface area contributed by atoms with Crippen molar-refractivity contribution in [1.29, 1.82) is 5.41 Å². The van der Waals surface area contributed by atoms with E-state index >= 15 is 0 Å². The molecule has 0 unspecified atom stereocenters. The second-order valence-electron chi connectivity index (χ2n) is 4.99. The Kier molecular flexibility index (Phi) is 3.32. The summed E-state index contributed by atoms with van der Waals surface area (Å²) in [6.45, 7) is 5.88. The first-order chi connectivity index (χ1) is 6.87. The van der Waals surface area contributed by atoms with Gasteiger partial charge in [-0.2, -0.15) is 0 Å². The number of hydrogen-bond acceptors (Lipinski definition) is 3. The average molecular weight is 209 g/mol. The molecule has 0 spiro atoms. The van der Waals surface area contributed by atoms with E-state index in [1.54, 1.807) is 0 Å². The van der Waals surface area contributed by atoms with Crippen molar-refractivity contribution in [3.05, 3.63) is 11.3 Å². The molecule has 0 fully saturated rings. The summed E-state index contributed by atoms with van der Waals surface area (Å²) in [6, 6.07) is 0. The molecule has 84 valence electrons. The Morgan fingerprint density at radius 1 is 1.47 bits per heavy atom. The molecule has 0 bridgehead atoms. The van der Waals surface area contributed by atoms with Crippen LogP contribution >= 0.6 is 0 Å². The molecule has 1 rings (SSSR count). The van der Waals surface area contributed by atoms with Gasteiger partial charge < -0.3 is 10.5 Å². The van der Waals surface area contributed by atoms with Crippen molar-refractivity contribution in [2.75, 3.05) is 0 Å². The zero-order valence-electron chi connectivity index (χ0n) is 9.68. The zero-order chi connectivity index (χ0) is 11.6. The first kappa shape index (κ1) is 12.0. The van der Waals surface area contributed by atoms with E-state index in [-0.39, 0.29) is 28.2 Å². The summed E-state index contributed by atoms with van der Waals surface area (Å²) in [7, 11) is 0. The number of aliphatic hydroxyl groups is 1. The van der Waals surface area contributed by atoms with Crippen LogP contribution in [0.4, 0.5) is 0 Å². The van der Waals surface area contributed by atoms with Crippen LogP contribution in [0.15, 0.2) is 11.3 Å². The molecular weight excluding hydrogens is 190 g/mol. The molecule has 0 aromatic rings. The second kappa shape index (κ2) is 4.17. The van der Waals surface area contributed by atoms with Crippen LogP contribution in [0.3, 0.4) is 0 Å². The molecule has 0 aliphatic heterocycles. The van der Waals surface area contributed by atoms with Gasteiger partial charge in [-0.1, -0.05) is 27.2 Å². The van der Waals surface area contributed by atoms with E-state index in [0.29, 0.717) is 19.3 Å². The van der Waals surface area contributed by atoms with Gasteiger partial charge in [0.15, 0.2) is 5.78 Å². The van der Waals surface area contributed by atoms with Gasteiger partial charge in [-0.05, 0) is 11.8 Å². The van der Waals surface area contributed by atoms with Gasteiger partial charge in [0.05, 0.1) is 5.57 Å². The number of hydrogen-bond donors (Lipinski definition) is 2. The quantitative estimate of drug-likeness (QED) is 0.702. The summed E-state index contributed by atoms with van der Waals surface area (Å²) < 4.78 is 0. The molecule has 3 nitrogen and oxygen atoms in total. The van der Waals surface area contributed by atoms with Gasteiger partial charge in [-0.3, -0.25) is 4.79 Å². The second-order valence-corrected chi connectivity index (χ2v) is 4.99. The molecular formula is C12H19NO2. The number of carbonyl (C=O) groups excluding carboxylic acids is 1. The normalized spacial score (nSPS) is 20.6. The molecule has 0 radical (unpaired) electrons. The number of rotatable bonds is 3. The molecule has 0 heterocycles. The van der Waals surface area contributed by atoms with E-state index in [2.05, 4.69) is 0 Å². The molecule has 3 heteroatoms. The summed E-state index contributed by atoms with van der Waals surface area (Å²) in [5.41, 5.74) is 0.392. The van der Waals surface area contributed by atoms with Gasteiger partial charge in [-0.25, -0.2) is 0 Å². The Labute approximate surface area is 90.7 Å². The van der Waals surface area contributed by atoms with E-state index < -0.39 is 0 Å². The summed E-state index contributed by atoms with van der Waals surface area (Å²) in [5, 5.41) is 17.5. The van der Waals surface area contributed by atoms with Crippen LogP contribution in [0.2, 0.25) is 0 Å². The maximum atomic E-state index is 11.8. The maximum Gasteiger partial charge on any atom is 0.168 e. The van der Waals surface area contributed by atoms with Gasteiger partial charge in [0.1, 0.15) is 5.76 Å². The third kappa shape index (κ3) is 2.67. The van der Waals surface area contributed by atoms with Crippen molar-refractivity contribution >= 4 is 11.5 Å². The molecule has 0 aromatic heterocycles. The number of allylic oxidation sites excluding steroid dienone is 2. The van der Waals surface area contributed by atoms with E-state index in [0.717, 1.165) is 6.42 Å². The maximum absolute atomic E-state index is 11.8. The SMILES string of the molecule is CCCC(=N)C1=C(O)CC(C)(C)CC1=O. The van der Waals surface area contributed by atoms with Crippen LogP contribution in [-0.4, -0.2) is 16.6 Å². The molecule has 1 aliphatic carbocycles. The average Bonchev–Trinajstić information content (AvgIpc) is 1.99. The lowest BCUT2D eigenvalue weighted by Gasteiger charge is -2.29. The lowest BCUT2D eigenvalue weighted by molar-refractivity contribution is -0.117. The molecule has 2 N–H and O–H groups in total. The highest BCUT2D eigenvalue weighted by Crippen LogP contribution is 2.36. The Morgan fingerprint density at radius 3 is 2.53 bits per heavy atom.